The van der Waals surface area contributed by atoms with Crippen molar-refractivity contribution in [3.8, 4) is 0 Å². The van der Waals surface area contributed by atoms with Gasteiger partial charge in [-0.05, 0) is 48.9 Å². The molecule has 0 aromatic heterocycles. The second-order valence-corrected chi connectivity index (χ2v) is 6.65. The molecule has 3 heteroatoms. The number of benzene rings is 2. The zero-order valence-electron chi connectivity index (χ0n) is 11.4. The number of aryl methyl sites for hydroxylation is 1. The van der Waals surface area contributed by atoms with E-state index in [1.807, 2.05) is 6.07 Å². The topological polar surface area (TPSA) is 0 Å². The molecule has 0 heterocycles. The molecule has 2 rings (SSSR count). The van der Waals surface area contributed by atoms with Crippen molar-refractivity contribution in [1.82, 2.24) is 0 Å². The van der Waals surface area contributed by atoms with E-state index in [2.05, 4.69) is 63.0 Å². The lowest BCUT2D eigenvalue weighted by molar-refractivity contribution is 0.586. The van der Waals surface area contributed by atoms with E-state index < -0.39 is 0 Å². The van der Waals surface area contributed by atoms with E-state index in [-0.39, 0.29) is 5.82 Å². The predicted molar refractivity (Wildman–Crippen MR) is 90.0 cm³/mol. The van der Waals surface area contributed by atoms with Gasteiger partial charge < -0.3 is 0 Å². The van der Waals surface area contributed by atoms with Gasteiger partial charge in [0.15, 0.2) is 0 Å². The third-order valence-electron chi connectivity index (χ3n) is 3.39. The molecular formula is C17H17Br2F. The van der Waals surface area contributed by atoms with Crippen LogP contribution in [0.3, 0.4) is 0 Å². The molecule has 0 spiro atoms. The van der Waals surface area contributed by atoms with Gasteiger partial charge in [-0.25, -0.2) is 4.39 Å². The highest BCUT2D eigenvalue weighted by molar-refractivity contribution is 9.10. The van der Waals surface area contributed by atoms with Crippen LogP contribution in [0, 0.1) is 18.7 Å². The first kappa shape index (κ1) is 15.7. The summed E-state index contributed by atoms with van der Waals surface area (Å²) in [6.07, 6.45) is 1.95. The Morgan fingerprint density at radius 1 is 1.05 bits per heavy atom. The van der Waals surface area contributed by atoms with Crippen LogP contribution < -0.4 is 0 Å². The molecule has 0 amide bonds. The van der Waals surface area contributed by atoms with Crippen molar-refractivity contribution in [1.29, 1.82) is 0 Å². The minimum atomic E-state index is -0.199. The Bertz CT molecular complexity index is 564. The third kappa shape index (κ3) is 4.42. The molecular weight excluding hydrogens is 383 g/mol. The quantitative estimate of drug-likeness (QED) is 0.566. The molecule has 106 valence electrons. The highest BCUT2D eigenvalue weighted by Gasteiger charge is 2.12. The molecule has 1 unspecified atom stereocenters. The fraction of sp³-hybridized carbons (Fsp3) is 0.294. The molecule has 0 fully saturated rings. The maximum atomic E-state index is 13.1. The number of hydrogen-bond acceptors (Lipinski definition) is 0. The van der Waals surface area contributed by atoms with Crippen molar-refractivity contribution < 1.29 is 4.39 Å². The highest BCUT2D eigenvalue weighted by Crippen LogP contribution is 2.24. The Morgan fingerprint density at radius 2 is 1.75 bits per heavy atom. The molecule has 20 heavy (non-hydrogen) atoms. The third-order valence-corrected chi connectivity index (χ3v) is 5.04. The average molecular weight is 400 g/mol. The van der Waals surface area contributed by atoms with Crippen LogP contribution >= 0.6 is 31.9 Å². The van der Waals surface area contributed by atoms with Crippen LogP contribution in [0.15, 0.2) is 46.9 Å². The Kier molecular flexibility index (Phi) is 5.79. The number of halogens is 3. The van der Waals surface area contributed by atoms with Crippen molar-refractivity contribution in [2.75, 3.05) is 5.33 Å². The number of alkyl halides is 1. The van der Waals surface area contributed by atoms with Crippen molar-refractivity contribution in [2.45, 2.75) is 19.8 Å². The number of rotatable bonds is 5. The fourth-order valence-corrected chi connectivity index (χ4v) is 3.21. The fourth-order valence-electron chi connectivity index (χ4n) is 2.24. The first-order valence-electron chi connectivity index (χ1n) is 6.64. The van der Waals surface area contributed by atoms with E-state index >= 15 is 0 Å². The second-order valence-electron chi connectivity index (χ2n) is 5.15. The van der Waals surface area contributed by atoms with Gasteiger partial charge in [0.1, 0.15) is 5.82 Å². The van der Waals surface area contributed by atoms with E-state index in [1.165, 1.54) is 23.3 Å². The summed E-state index contributed by atoms with van der Waals surface area (Å²) in [5, 5.41) is 0.935. The van der Waals surface area contributed by atoms with Gasteiger partial charge in [0.05, 0.1) is 0 Å². The second kappa shape index (κ2) is 7.37. The zero-order valence-corrected chi connectivity index (χ0v) is 14.5. The molecule has 2 aromatic carbocycles. The highest BCUT2D eigenvalue weighted by atomic mass is 79.9. The SMILES string of the molecule is Cc1ccc(CC(CBr)Cc2ccc(F)cc2Br)cc1. The molecule has 2 aromatic rings. The molecule has 0 nitrogen and oxygen atoms in total. The van der Waals surface area contributed by atoms with Crippen molar-refractivity contribution >= 4 is 31.9 Å². The summed E-state index contributed by atoms with van der Waals surface area (Å²) in [4.78, 5) is 0. The monoisotopic (exact) mass is 398 g/mol. The molecule has 0 saturated carbocycles. The summed E-state index contributed by atoms with van der Waals surface area (Å²) >= 11 is 7.04. The van der Waals surface area contributed by atoms with Crippen molar-refractivity contribution in [3.05, 3.63) is 69.4 Å². The summed E-state index contributed by atoms with van der Waals surface area (Å²) in [7, 11) is 0. The lowest BCUT2D eigenvalue weighted by atomic mass is 9.94. The molecule has 0 bridgehead atoms. The molecule has 0 radical (unpaired) electrons. The van der Waals surface area contributed by atoms with Crippen LogP contribution in [0.4, 0.5) is 4.39 Å². The van der Waals surface area contributed by atoms with E-state index in [9.17, 15) is 4.39 Å². The van der Waals surface area contributed by atoms with Gasteiger partial charge in [-0.2, -0.15) is 0 Å². The zero-order chi connectivity index (χ0) is 14.5. The van der Waals surface area contributed by atoms with Crippen LogP contribution in [-0.2, 0) is 12.8 Å². The maximum absolute atomic E-state index is 13.1. The Labute approximate surface area is 136 Å². The van der Waals surface area contributed by atoms with Crippen LogP contribution in [0.2, 0.25) is 0 Å². The smallest absolute Gasteiger partial charge is 0.124 e. The van der Waals surface area contributed by atoms with E-state index in [1.54, 1.807) is 0 Å². The lowest BCUT2D eigenvalue weighted by Gasteiger charge is -2.15. The van der Waals surface area contributed by atoms with E-state index in [4.69, 9.17) is 0 Å². The summed E-state index contributed by atoms with van der Waals surface area (Å²) < 4.78 is 14.0. The molecule has 0 N–H and O–H groups in total. The van der Waals surface area contributed by atoms with Gasteiger partial charge in [0.2, 0.25) is 0 Å². The molecule has 1 atom stereocenters. The van der Waals surface area contributed by atoms with Gasteiger partial charge in [-0.1, -0.05) is 67.8 Å². The van der Waals surface area contributed by atoms with Gasteiger partial charge in [0, 0.05) is 9.80 Å². The maximum Gasteiger partial charge on any atom is 0.124 e. The summed E-state index contributed by atoms with van der Waals surface area (Å²) in [5.41, 5.74) is 3.78. The minimum absolute atomic E-state index is 0.199. The predicted octanol–water partition coefficient (Wildman–Crippen LogP) is 5.69. The van der Waals surface area contributed by atoms with E-state index in [0.29, 0.717) is 5.92 Å². The summed E-state index contributed by atoms with van der Waals surface area (Å²) in [6.45, 7) is 2.10. The largest absolute Gasteiger partial charge is 0.207 e. The van der Waals surface area contributed by atoms with Gasteiger partial charge in [-0.15, -0.1) is 0 Å². The molecule has 0 aliphatic heterocycles. The number of hydrogen-bond donors (Lipinski definition) is 0. The van der Waals surface area contributed by atoms with Gasteiger partial charge in [-0.3, -0.25) is 0 Å². The van der Waals surface area contributed by atoms with Crippen LogP contribution in [0.1, 0.15) is 16.7 Å². The first-order valence-corrected chi connectivity index (χ1v) is 8.55. The summed E-state index contributed by atoms with van der Waals surface area (Å²) in [5.74, 6) is 0.300. The van der Waals surface area contributed by atoms with Crippen molar-refractivity contribution in [2.24, 2.45) is 5.92 Å². The average Bonchev–Trinajstić information content (AvgIpc) is 2.43. The van der Waals surface area contributed by atoms with Crippen molar-refractivity contribution in [3.63, 3.8) is 0 Å². The Morgan fingerprint density at radius 3 is 2.35 bits per heavy atom. The van der Waals surface area contributed by atoms with Gasteiger partial charge >= 0.3 is 0 Å². The Balaban J connectivity index is 2.07. The van der Waals surface area contributed by atoms with E-state index in [0.717, 1.165) is 28.2 Å². The molecule has 0 aliphatic rings. The van der Waals surface area contributed by atoms with Gasteiger partial charge in [0.25, 0.3) is 0 Å². The normalized spacial score (nSPS) is 12.4. The molecule has 0 saturated heterocycles. The van der Waals surface area contributed by atoms with Crippen LogP contribution in [-0.4, -0.2) is 5.33 Å². The lowest BCUT2D eigenvalue weighted by Crippen LogP contribution is -2.10. The minimum Gasteiger partial charge on any atom is -0.207 e. The first-order chi connectivity index (χ1) is 9.58. The molecule has 0 aliphatic carbocycles. The summed E-state index contributed by atoms with van der Waals surface area (Å²) in [6, 6.07) is 13.6. The van der Waals surface area contributed by atoms with Crippen LogP contribution in [0.5, 0.6) is 0 Å². The Hall–Kier alpha value is -0.670. The van der Waals surface area contributed by atoms with Crippen LogP contribution in [0.25, 0.3) is 0 Å². The standard InChI is InChI=1S/C17H17Br2F/c1-12-2-4-13(5-3-12)8-14(11-18)9-15-6-7-16(20)10-17(15)19/h2-7,10,14H,8-9,11H2,1H3.